The number of hydrogen-bond donors (Lipinski definition) is 2. The van der Waals surface area contributed by atoms with Crippen molar-refractivity contribution in [2.24, 2.45) is 0 Å². The molecule has 8 nitrogen and oxygen atoms in total. The Morgan fingerprint density at radius 1 is 1.13 bits per heavy atom. The summed E-state index contributed by atoms with van der Waals surface area (Å²) in [5.74, 6) is 0.557. The van der Waals surface area contributed by atoms with Crippen LogP contribution in [0.25, 0.3) is 0 Å². The van der Waals surface area contributed by atoms with Crippen molar-refractivity contribution in [1.29, 1.82) is 0 Å². The highest BCUT2D eigenvalue weighted by molar-refractivity contribution is 6.08. The van der Waals surface area contributed by atoms with Gasteiger partial charge in [0.15, 0.2) is 5.82 Å². The zero-order valence-corrected chi connectivity index (χ0v) is 16.9. The van der Waals surface area contributed by atoms with E-state index in [1.54, 1.807) is 25.3 Å². The number of carbonyl (C=O) groups is 1. The number of nitrogens with zero attached hydrogens (tertiary/aromatic N) is 3. The van der Waals surface area contributed by atoms with Crippen molar-refractivity contribution in [3.63, 3.8) is 0 Å². The van der Waals surface area contributed by atoms with Crippen molar-refractivity contribution in [1.82, 2.24) is 14.5 Å². The number of rotatable bonds is 7. The summed E-state index contributed by atoms with van der Waals surface area (Å²) in [4.78, 5) is 34.1. The molecule has 0 atom stereocenters. The smallest absolute Gasteiger partial charge is 0.260 e. The Morgan fingerprint density at radius 2 is 1.97 bits per heavy atom. The molecule has 3 heterocycles. The van der Waals surface area contributed by atoms with Crippen molar-refractivity contribution in [2.45, 2.75) is 20.0 Å². The van der Waals surface area contributed by atoms with Gasteiger partial charge in [-0.3, -0.25) is 14.6 Å². The van der Waals surface area contributed by atoms with Gasteiger partial charge in [0.1, 0.15) is 5.76 Å². The van der Waals surface area contributed by atoms with Crippen molar-refractivity contribution in [2.75, 3.05) is 10.6 Å². The minimum Gasteiger partial charge on any atom is -0.467 e. The Bertz CT molecular complexity index is 1220. The number of pyridine rings is 1. The summed E-state index contributed by atoms with van der Waals surface area (Å²) >= 11 is 0. The van der Waals surface area contributed by atoms with Crippen molar-refractivity contribution in [3.05, 3.63) is 106 Å². The topological polar surface area (TPSA) is 102 Å². The number of anilines is 2. The quantitative estimate of drug-likeness (QED) is 0.479. The molecule has 0 aliphatic heterocycles. The van der Waals surface area contributed by atoms with Gasteiger partial charge < -0.3 is 19.6 Å². The molecule has 0 fully saturated rings. The van der Waals surface area contributed by atoms with Crippen molar-refractivity contribution in [3.8, 4) is 0 Å². The molecule has 2 N–H and O–H groups in total. The first kappa shape index (κ1) is 20.1. The average Bonchev–Trinajstić information content (AvgIpc) is 3.30. The highest BCUT2D eigenvalue weighted by atomic mass is 16.3. The van der Waals surface area contributed by atoms with Crippen LogP contribution in [0.1, 0.15) is 27.4 Å². The molecule has 1 aromatic carbocycles. The van der Waals surface area contributed by atoms with E-state index in [0.717, 1.165) is 5.56 Å². The maximum Gasteiger partial charge on any atom is 0.260 e. The summed E-state index contributed by atoms with van der Waals surface area (Å²) in [6, 6.07) is 14.7. The first-order valence-electron chi connectivity index (χ1n) is 9.74. The van der Waals surface area contributed by atoms with E-state index >= 15 is 0 Å². The average molecular weight is 415 g/mol. The molecule has 0 unspecified atom stereocenters. The number of aromatic nitrogens is 3. The molecule has 0 saturated carbocycles. The van der Waals surface area contributed by atoms with Crippen LogP contribution in [0.3, 0.4) is 0 Å². The highest BCUT2D eigenvalue weighted by Crippen LogP contribution is 2.21. The molecular weight excluding hydrogens is 394 g/mol. The van der Waals surface area contributed by atoms with Gasteiger partial charge in [-0.2, -0.15) is 0 Å². The predicted octanol–water partition coefficient (Wildman–Crippen LogP) is 3.45. The largest absolute Gasteiger partial charge is 0.467 e. The van der Waals surface area contributed by atoms with E-state index in [2.05, 4.69) is 20.6 Å². The normalized spacial score (nSPS) is 10.6. The Hall–Kier alpha value is -4.20. The van der Waals surface area contributed by atoms with Crippen LogP contribution < -0.4 is 16.2 Å². The Kier molecular flexibility index (Phi) is 5.89. The number of carbonyl (C=O) groups excluding carboxylic acids is 1. The van der Waals surface area contributed by atoms with Crippen LogP contribution in [0, 0.1) is 6.92 Å². The highest BCUT2D eigenvalue weighted by Gasteiger charge is 2.20. The molecular formula is C23H21N5O3. The van der Waals surface area contributed by atoms with Crippen LogP contribution in [0.4, 0.5) is 11.5 Å². The second kappa shape index (κ2) is 9.08. The first-order chi connectivity index (χ1) is 15.1. The summed E-state index contributed by atoms with van der Waals surface area (Å²) in [6.07, 6.45) is 6.03. The molecule has 1 amide bonds. The minimum atomic E-state index is -0.387. The molecule has 8 heteroatoms. The van der Waals surface area contributed by atoms with E-state index in [0.29, 0.717) is 35.1 Å². The monoisotopic (exact) mass is 415 g/mol. The van der Waals surface area contributed by atoms with Gasteiger partial charge >= 0.3 is 0 Å². The standard InChI is InChI=1S/C23H21N5O3/c1-16-22(23(30)27-20-14-24-9-10-25-20)19(26-13-17-6-3-2-4-7-17)12-21(29)28(16)15-18-8-5-11-31-18/h2-12,14,26H,13,15H2,1H3,(H,25,27,30). The number of furan rings is 1. The molecule has 3 aromatic heterocycles. The van der Waals surface area contributed by atoms with Crippen LogP contribution in [0.5, 0.6) is 0 Å². The number of nitrogens with one attached hydrogen (secondary N) is 2. The summed E-state index contributed by atoms with van der Waals surface area (Å²) in [7, 11) is 0. The third-order valence-corrected chi connectivity index (χ3v) is 4.82. The van der Waals surface area contributed by atoms with Gasteiger partial charge in [-0.15, -0.1) is 0 Å². The number of benzene rings is 1. The zero-order chi connectivity index (χ0) is 21.6. The van der Waals surface area contributed by atoms with Crippen LogP contribution in [-0.4, -0.2) is 20.4 Å². The molecule has 0 aliphatic carbocycles. The van der Waals surface area contributed by atoms with Gasteiger partial charge in [0.2, 0.25) is 0 Å². The first-order valence-corrected chi connectivity index (χ1v) is 9.74. The van der Waals surface area contributed by atoms with E-state index in [4.69, 9.17) is 4.42 Å². The third-order valence-electron chi connectivity index (χ3n) is 4.82. The molecule has 156 valence electrons. The molecule has 4 aromatic rings. The summed E-state index contributed by atoms with van der Waals surface area (Å²) in [5, 5.41) is 5.98. The Morgan fingerprint density at radius 3 is 2.68 bits per heavy atom. The second-order valence-electron chi connectivity index (χ2n) is 6.91. The number of hydrogen-bond acceptors (Lipinski definition) is 6. The van der Waals surface area contributed by atoms with Gasteiger partial charge in [-0.1, -0.05) is 30.3 Å². The van der Waals surface area contributed by atoms with Gasteiger partial charge in [0.05, 0.1) is 30.3 Å². The SMILES string of the molecule is Cc1c(C(=O)Nc2cnccn2)c(NCc2ccccc2)cc(=O)n1Cc1ccco1. The maximum atomic E-state index is 13.2. The molecule has 0 aliphatic rings. The lowest BCUT2D eigenvalue weighted by atomic mass is 10.1. The van der Waals surface area contributed by atoms with Crippen LogP contribution in [0.2, 0.25) is 0 Å². The van der Waals surface area contributed by atoms with Gasteiger partial charge in [0.25, 0.3) is 11.5 Å². The molecule has 4 rings (SSSR count). The lowest BCUT2D eigenvalue weighted by molar-refractivity contribution is 0.102. The van der Waals surface area contributed by atoms with Gasteiger partial charge in [0, 0.05) is 30.7 Å². The summed E-state index contributed by atoms with van der Waals surface area (Å²) in [6.45, 7) is 2.43. The Labute approximate surface area is 178 Å². The van der Waals surface area contributed by atoms with E-state index in [-0.39, 0.29) is 18.0 Å². The summed E-state index contributed by atoms with van der Waals surface area (Å²) < 4.78 is 6.90. The zero-order valence-electron chi connectivity index (χ0n) is 16.9. The van der Waals surface area contributed by atoms with Crippen LogP contribution in [-0.2, 0) is 13.1 Å². The predicted molar refractivity (Wildman–Crippen MR) is 117 cm³/mol. The molecule has 31 heavy (non-hydrogen) atoms. The lowest BCUT2D eigenvalue weighted by Crippen LogP contribution is -2.28. The van der Waals surface area contributed by atoms with E-state index in [9.17, 15) is 9.59 Å². The fraction of sp³-hybridized carbons (Fsp3) is 0.130. The molecule has 0 bridgehead atoms. The van der Waals surface area contributed by atoms with Crippen LogP contribution >= 0.6 is 0 Å². The van der Waals surface area contributed by atoms with Gasteiger partial charge in [-0.25, -0.2) is 4.98 Å². The van der Waals surface area contributed by atoms with E-state index in [1.165, 1.54) is 29.2 Å². The van der Waals surface area contributed by atoms with Crippen LogP contribution in [0.15, 0.2) is 82.6 Å². The Balaban J connectivity index is 1.71. The number of amides is 1. The molecule has 0 saturated heterocycles. The fourth-order valence-corrected chi connectivity index (χ4v) is 3.29. The minimum absolute atomic E-state index is 0.224. The fourth-order valence-electron chi connectivity index (χ4n) is 3.29. The van der Waals surface area contributed by atoms with E-state index < -0.39 is 0 Å². The van der Waals surface area contributed by atoms with Crippen molar-refractivity contribution < 1.29 is 9.21 Å². The molecule has 0 spiro atoms. The van der Waals surface area contributed by atoms with Gasteiger partial charge in [-0.05, 0) is 24.6 Å². The van der Waals surface area contributed by atoms with E-state index in [1.807, 2.05) is 30.3 Å². The second-order valence-corrected chi connectivity index (χ2v) is 6.91. The maximum absolute atomic E-state index is 13.2. The van der Waals surface area contributed by atoms with Crippen molar-refractivity contribution >= 4 is 17.4 Å². The lowest BCUT2D eigenvalue weighted by Gasteiger charge is -2.18. The molecule has 0 radical (unpaired) electrons. The summed E-state index contributed by atoms with van der Waals surface area (Å²) in [5.41, 5.74) is 2.11. The third kappa shape index (κ3) is 4.69.